The number of amides is 2. The molecule has 3 rings (SSSR count). The third kappa shape index (κ3) is 5.51. The van der Waals surface area contributed by atoms with E-state index in [0.717, 1.165) is 16.5 Å². The van der Waals surface area contributed by atoms with Gasteiger partial charge in [-0.05, 0) is 42.8 Å². The fourth-order valence-electron chi connectivity index (χ4n) is 3.16. The van der Waals surface area contributed by atoms with Crippen LogP contribution in [0.1, 0.15) is 12.5 Å². The number of para-hydroxylation sites is 1. The number of phenols is 1. The van der Waals surface area contributed by atoms with Crippen molar-refractivity contribution in [1.29, 1.82) is 0 Å². The molecule has 0 aliphatic carbocycles. The van der Waals surface area contributed by atoms with E-state index in [1.165, 1.54) is 6.08 Å². The molecule has 2 amide bonds. The molecular weight excluding hydrogens is 390 g/mol. The monoisotopic (exact) mass is 415 g/mol. The molecule has 1 heterocycles. The van der Waals surface area contributed by atoms with Gasteiger partial charge in [-0.15, -0.1) is 0 Å². The molecule has 31 heavy (non-hydrogen) atoms. The van der Waals surface area contributed by atoms with Crippen molar-refractivity contribution in [2.75, 3.05) is 5.32 Å². The molecule has 0 spiro atoms. The largest absolute Gasteiger partial charge is 0.508 e. The van der Waals surface area contributed by atoms with Gasteiger partial charge >= 0.3 is 0 Å². The van der Waals surface area contributed by atoms with Crippen LogP contribution in [0.5, 0.6) is 5.75 Å². The van der Waals surface area contributed by atoms with Gasteiger partial charge in [-0.25, -0.2) is 0 Å². The summed E-state index contributed by atoms with van der Waals surface area (Å²) >= 11 is 0. The Labute approximate surface area is 181 Å². The zero-order valence-corrected chi connectivity index (χ0v) is 17.3. The first-order valence-electron chi connectivity index (χ1n) is 9.93. The molecule has 0 radical (unpaired) electrons. The summed E-state index contributed by atoms with van der Waals surface area (Å²) in [5.41, 5.74) is 2.60. The van der Waals surface area contributed by atoms with E-state index in [2.05, 4.69) is 22.2 Å². The molecule has 3 aromatic rings. The first kappa shape index (κ1) is 21.6. The number of carbonyl (C=O) groups excluding carboxylic acids is 2. The number of aromatic nitrogens is 1. The number of benzene rings is 2. The normalized spacial score (nSPS) is 12.6. The number of phenolic OH excluding ortho intramolecular Hbond substituents is 1. The number of aromatic hydroxyl groups is 1. The van der Waals surface area contributed by atoms with Crippen molar-refractivity contribution in [2.45, 2.75) is 19.4 Å². The summed E-state index contributed by atoms with van der Waals surface area (Å²) in [6, 6.07) is 13.2. The highest BCUT2D eigenvalue weighted by Gasteiger charge is 2.23. The zero-order valence-electron chi connectivity index (χ0n) is 17.3. The maximum atomic E-state index is 13.2. The van der Waals surface area contributed by atoms with Crippen LogP contribution < -0.4 is 10.6 Å². The van der Waals surface area contributed by atoms with Gasteiger partial charge in [0, 0.05) is 23.6 Å². The Bertz CT molecular complexity index is 1140. The van der Waals surface area contributed by atoms with E-state index in [9.17, 15) is 14.7 Å². The van der Waals surface area contributed by atoms with Crippen LogP contribution in [-0.2, 0) is 16.0 Å². The van der Waals surface area contributed by atoms with Crippen molar-refractivity contribution in [3.63, 3.8) is 0 Å². The minimum atomic E-state index is -0.837. The summed E-state index contributed by atoms with van der Waals surface area (Å²) < 4.78 is 0. The van der Waals surface area contributed by atoms with Gasteiger partial charge in [0.1, 0.15) is 11.8 Å². The second kappa shape index (κ2) is 10.1. The molecule has 0 aliphatic rings. The van der Waals surface area contributed by atoms with Crippen LogP contribution in [-0.4, -0.2) is 27.9 Å². The lowest BCUT2D eigenvalue weighted by Gasteiger charge is -2.19. The van der Waals surface area contributed by atoms with Crippen molar-refractivity contribution in [1.82, 2.24) is 10.3 Å². The first-order valence-corrected chi connectivity index (χ1v) is 9.93. The van der Waals surface area contributed by atoms with E-state index >= 15 is 0 Å². The number of allylic oxidation sites excluding steroid dienone is 3. The molecule has 6 nitrogen and oxygen atoms in total. The Morgan fingerprint density at radius 2 is 1.94 bits per heavy atom. The van der Waals surface area contributed by atoms with E-state index in [0.29, 0.717) is 11.3 Å². The molecule has 0 bridgehead atoms. The summed E-state index contributed by atoms with van der Waals surface area (Å²) in [6.45, 7) is 5.53. The van der Waals surface area contributed by atoms with Crippen LogP contribution in [0.25, 0.3) is 10.9 Å². The van der Waals surface area contributed by atoms with Gasteiger partial charge in [0.2, 0.25) is 5.91 Å². The number of fused-ring (bicyclic) bond motifs is 1. The summed E-state index contributed by atoms with van der Waals surface area (Å²) in [7, 11) is 0. The maximum absolute atomic E-state index is 13.2. The second-order valence-electron chi connectivity index (χ2n) is 6.99. The molecule has 0 saturated carbocycles. The van der Waals surface area contributed by atoms with Crippen molar-refractivity contribution in [3.05, 3.63) is 96.7 Å². The average Bonchev–Trinajstić information content (AvgIpc) is 3.25. The van der Waals surface area contributed by atoms with Crippen LogP contribution >= 0.6 is 0 Å². The Hall–Kier alpha value is -4.06. The number of hydrogen-bond donors (Lipinski definition) is 4. The highest BCUT2D eigenvalue weighted by Crippen LogP contribution is 2.22. The molecule has 0 fully saturated rings. The van der Waals surface area contributed by atoms with E-state index < -0.39 is 11.9 Å². The molecule has 1 atom stereocenters. The molecule has 4 N–H and O–H groups in total. The lowest BCUT2D eigenvalue weighted by Crippen LogP contribution is -2.45. The van der Waals surface area contributed by atoms with Gasteiger partial charge in [0.15, 0.2) is 0 Å². The highest BCUT2D eigenvalue weighted by atomic mass is 16.3. The molecule has 2 aromatic carbocycles. The third-order valence-corrected chi connectivity index (χ3v) is 4.79. The fraction of sp³-hybridized carbons (Fsp3) is 0.120. The smallest absolute Gasteiger partial charge is 0.251 e. The van der Waals surface area contributed by atoms with E-state index in [1.807, 2.05) is 25.1 Å². The highest BCUT2D eigenvalue weighted by molar-refractivity contribution is 6.05. The molecule has 1 aromatic heterocycles. The zero-order chi connectivity index (χ0) is 22.2. The van der Waals surface area contributed by atoms with Gasteiger partial charge in [-0.3, -0.25) is 9.59 Å². The van der Waals surface area contributed by atoms with Gasteiger partial charge in [-0.1, -0.05) is 49.1 Å². The standard InChI is InChI=1S/C25H25N3O3/c1-3-5-7-18(4-2)24(30)28-22(16-17-10-12-20(29)13-11-17)25(31)27-21-9-6-8-19-14-15-26-23(19)21/h3-15,22,26,29H,2,16H2,1H3,(H,27,31)(H,28,30)/b5-3-,18-7+. The predicted molar refractivity (Wildman–Crippen MR) is 124 cm³/mol. The van der Waals surface area contributed by atoms with E-state index in [-0.39, 0.29) is 18.1 Å². The maximum Gasteiger partial charge on any atom is 0.251 e. The number of nitrogens with one attached hydrogen (secondary N) is 3. The van der Waals surface area contributed by atoms with Gasteiger partial charge in [-0.2, -0.15) is 0 Å². The summed E-state index contributed by atoms with van der Waals surface area (Å²) in [4.78, 5) is 29.0. The number of carbonyl (C=O) groups is 2. The molecule has 158 valence electrons. The van der Waals surface area contributed by atoms with Crippen LogP contribution in [0.2, 0.25) is 0 Å². The third-order valence-electron chi connectivity index (χ3n) is 4.79. The molecule has 6 heteroatoms. The van der Waals surface area contributed by atoms with Crippen molar-refractivity contribution >= 4 is 28.4 Å². The van der Waals surface area contributed by atoms with Crippen LogP contribution in [0, 0.1) is 0 Å². The van der Waals surface area contributed by atoms with E-state index in [1.54, 1.807) is 54.8 Å². The number of aromatic amines is 1. The van der Waals surface area contributed by atoms with Crippen LogP contribution in [0.4, 0.5) is 5.69 Å². The minimum absolute atomic E-state index is 0.135. The van der Waals surface area contributed by atoms with Crippen molar-refractivity contribution in [3.8, 4) is 5.75 Å². The number of anilines is 1. The number of hydrogen-bond acceptors (Lipinski definition) is 3. The lowest BCUT2D eigenvalue weighted by atomic mass is 10.0. The predicted octanol–water partition coefficient (Wildman–Crippen LogP) is 4.23. The van der Waals surface area contributed by atoms with Crippen LogP contribution in [0.3, 0.4) is 0 Å². The minimum Gasteiger partial charge on any atom is -0.508 e. The van der Waals surface area contributed by atoms with Gasteiger partial charge in [0.25, 0.3) is 5.91 Å². The Morgan fingerprint density at radius 1 is 1.16 bits per heavy atom. The molecule has 0 aliphatic heterocycles. The summed E-state index contributed by atoms with van der Waals surface area (Å²) in [5.74, 6) is -0.612. The summed E-state index contributed by atoms with van der Waals surface area (Å²) in [6.07, 6.45) is 8.68. The van der Waals surface area contributed by atoms with Gasteiger partial charge in [0.05, 0.1) is 11.2 Å². The number of H-pyrrole nitrogens is 1. The Morgan fingerprint density at radius 3 is 2.65 bits per heavy atom. The molecule has 1 unspecified atom stereocenters. The quantitative estimate of drug-likeness (QED) is 0.328. The topological polar surface area (TPSA) is 94.2 Å². The molecule has 0 saturated heterocycles. The first-order chi connectivity index (χ1) is 15.0. The van der Waals surface area contributed by atoms with E-state index in [4.69, 9.17) is 0 Å². The van der Waals surface area contributed by atoms with Crippen molar-refractivity contribution in [2.24, 2.45) is 0 Å². The average molecular weight is 415 g/mol. The number of rotatable bonds is 8. The summed E-state index contributed by atoms with van der Waals surface area (Å²) in [5, 5.41) is 16.2. The van der Waals surface area contributed by atoms with Gasteiger partial charge < -0.3 is 20.7 Å². The second-order valence-corrected chi connectivity index (χ2v) is 6.99. The van der Waals surface area contributed by atoms with Crippen molar-refractivity contribution < 1.29 is 14.7 Å². The lowest BCUT2D eigenvalue weighted by molar-refractivity contribution is -0.124. The SMILES string of the molecule is C=C/C(=C\C=C/C)C(=O)NC(Cc1ccc(O)cc1)C(=O)Nc1cccc2cc[nH]c12. The Balaban J connectivity index is 1.85. The Kier molecular flexibility index (Phi) is 7.06. The van der Waals surface area contributed by atoms with Crippen LogP contribution in [0.15, 0.2) is 91.2 Å². The molecular formula is C25H25N3O3. The fourth-order valence-corrected chi connectivity index (χ4v) is 3.16.